The molecule has 1 heterocycles. The number of nitrogens with zero attached hydrogens (tertiary/aromatic N) is 1. The van der Waals surface area contributed by atoms with Gasteiger partial charge in [0.05, 0.1) is 16.5 Å². The van der Waals surface area contributed by atoms with Gasteiger partial charge in [-0.25, -0.2) is 12.8 Å². The van der Waals surface area contributed by atoms with E-state index in [0.29, 0.717) is 13.2 Å². The second-order valence-electron chi connectivity index (χ2n) is 4.44. The van der Waals surface area contributed by atoms with Gasteiger partial charge in [0.1, 0.15) is 5.82 Å². The highest BCUT2D eigenvalue weighted by Gasteiger charge is 2.35. The number of ether oxygens (including phenoxy) is 1. The summed E-state index contributed by atoms with van der Waals surface area (Å²) in [6.45, 7) is 0.805. The van der Waals surface area contributed by atoms with Crippen LogP contribution in [0, 0.1) is 5.82 Å². The summed E-state index contributed by atoms with van der Waals surface area (Å²) in [5, 5.41) is -0.191. The molecule has 1 aliphatic heterocycles. The highest BCUT2D eigenvalue weighted by Crippen LogP contribution is 2.28. The average molecular weight is 308 g/mol. The van der Waals surface area contributed by atoms with E-state index in [2.05, 4.69) is 0 Å². The van der Waals surface area contributed by atoms with Gasteiger partial charge in [0.2, 0.25) is 10.0 Å². The minimum atomic E-state index is -3.65. The fourth-order valence-corrected chi connectivity index (χ4v) is 4.21. The summed E-state index contributed by atoms with van der Waals surface area (Å²) in [4.78, 5) is 0.0157. The number of rotatable bonds is 4. The predicted octanol–water partition coefficient (Wildman–Crippen LogP) is 2.28. The minimum absolute atomic E-state index is 0.0157. The van der Waals surface area contributed by atoms with Crippen molar-refractivity contribution in [3.8, 4) is 0 Å². The molecule has 2 rings (SSSR count). The monoisotopic (exact) mass is 307 g/mol. The van der Waals surface area contributed by atoms with Crippen LogP contribution in [0.1, 0.15) is 12.8 Å². The summed E-state index contributed by atoms with van der Waals surface area (Å²) >= 11 is 5.64. The smallest absolute Gasteiger partial charge is 0.243 e. The summed E-state index contributed by atoms with van der Waals surface area (Å²) in [7, 11) is -2.11. The summed E-state index contributed by atoms with van der Waals surface area (Å²) in [6, 6.07) is 3.28. The normalized spacial score (nSPS) is 20.9. The van der Waals surface area contributed by atoms with Gasteiger partial charge in [0.15, 0.2) is 0 Å². The van der Waals surface area contributed by atoms with Crippen molar-refractivity contribution in [1.29, 1.82) is 0 Å². The molecule has 0 unspecified atom stereocenters. The third-order valence-corrected chi connectivity index (χ3v) is 5.42. The maximum absolute atomic E-state index is 13.1. The molecule has 1 aromatic carbocycles. The number of sulfonamides is 1. The van der Waals surface area contributed by atoms with Crippen molar-refractivity contribution in [3.63, 3.8) is 0 Å². The van der Waals surface area contributed by atoms with Crippen LogP contribution in [0.5, 0.6) is 0 Å². The molecule has 0 bridgehead atoms. The molecule has 1 aliphatic rings. The molecule has 0 N–H and O–H groups in total. The lowest BCUT2D eigenvalue weighted by Crippen LogP contribution is -2.38. The molecule has 0 radical (unpaired) electrons. The van der Waals surface area contributed by atoms with Crippen LogP contribution in [0.2, 0.25) is 5.02 Å². The molecule has 0 amide bonds. The zero-order valence-electron chi connectivity index (χ0n) is 10.5. The van der Waals surface area contributed by atoms with Gasteiger partial charge < -0.3 is 4.74 Å². The maximum atomic E-state index is 13.1. The van der Waals surface area contributed by atoms with E-state index < -0.39 is 15.8 Å². The van der Waals surface area contributed by atoms with E-state index in [1.165, 1.54) is 17.5 Å². The Hall–Kier alpha value is -0.690. The highest BCUT2D eigenvalue weighted by molar-refractivity contribution is 7.89. The molecule has 1 fully saturated rings. The van der Waals surface area contributed by atoms with Crippen molar-refractivity contribution in [2.24, 2.45) is 0 Å². The number of hydrogen-bond acceptors (Lipinski definition) is 3. The SMILES string of the molecule is COC[C@@H]1CCCN1S(=O)(=O)c1ccc(F)c(Cl)c1. The molecule has 0 saturated carbocycles. The molecule has 0 aromatic heterocycles. The number of benzene rings is 1. The fourth-order valence-electron chi connectivity index (χ4n) is 2.26. The Labute approximate surface area is 117 Å². The predicted molar refractivity (Wildman–Crippen MR) is 70.2 cm³/mol. The molecule has 1 aromatic rings. The summed E-state index contributed by atoms with van der Waals surface area (Å²) in [5.74, 6) is -0.629. The van der Waals surface area contributed by atoms with E-state index in [0.717, 1.165) is 25.0 Å². The van der Waals surface area contributed by atoms with Crippen molar-refractivity contribution in [2.75, 3.05) is 20.3 Å². The maximum Gasteiger partial charge on any atom is 0.243 e. The van der Waals surface area contributed by atoms with Crippen molar-refractivity contribution in [2.45, 2.75) is 23.8 Å². The van der Waals surface area contributed by atoms with Crippen LogP contribution in [0.15, 0.2) is 23.1 Å². The van der Waals surface area contributed by atoms with Crippen LogP contribution in [-0.2, 0) is 14.8 Å². The Morgan fingerprint density at radius 2 is 2.26 bits per heavy atom. The largest absolute Gasteiger partial charge is 0.383 e. The summed E-state index contributed by atoms with van der Waals surface area (Å²) in [6.07, 6.45) is 1.56. The second kappa shape index (κ2) is 5.75. The molecule has 1 atom stereocenters. The molecule has 0 aliphatic carbocycles. The average Bonchev–Trinajstić information content (AvgIpc) is 2.82. The van der Waals surface area contributed by atoms with E-state index in [-0.39, 0.29) is 16.0 Å². The van der Waals surface area contributed by atoms with E-state index in [4.69, 9.17) is 16.3 Å². The standard InChI is InChI=1S/C12H15ClFNO3S/c1-18-8-9-3-2-6-15(9)19(16,17)10-4-5-12(14)11(13)7-10/h4-5,7,9H,2-3,6,8H2,1H3/t9-/m0/s1. The molecule has 4 nitrogen and oxygen atoms in total. The van der Waals surface area contributed by atoms with Crippen LogP contribution in [-0.4, -0.2) is 39.0 Å². The fraction of sp³-hybridized carbons (Fsp3) is 0.500. The molecule has 19 heavy (non-hydrogen) atoms. The Kier molecular flexibility index (Phi) is 4.45. The minimum Gasteiger partial charge on any atom is -0.383 e. The van der Waals surface area contributed by atoms with Crippen LogP contribution in [0.3, 0.4) is 0 Å². The van der Waals surface area contributed by atoms with Gasteiger partial charge in [-0.15, -0.1) is 0 Å². The molecular formula is C12H15ClFNO3S. The second-order valence-corrected chi connectivity index (χ2v) is 6.74. The molecule has 1 saturated heterocycles. The number of halogens is 2. The van der Waals surface area contributed by atoms with Crippen molar-refractivity contribution in [3.05, 3.63) is 29.0 Å². The van der Waals surface area contributed by atoms with Gasteiger partial charge in [-0.05, 0) is 31.0 Å². The van der Waals surface area contributed by atoms with E-state index >= 15 is 0 Å². The number of hydrogen-bond donors (Lipinski definition) is 0. The Balaban J connectivity index is 2.33. The Morgan fingerprint density at radius 1 is 1.53 bits per heavy atom. The Bertz CT molecular complexity index is 564. The molecule has 0 spiro atoms. The quantitative estimate of drug-likeness (QED) is 0.857. The van der Waals surface area contributed by atoms with Gasteiger partial charge in [-0.3, -0.25) is 0 Å². The lowest BCUT2D eigenvalue weighted by Gasteiger charge is -2.23. The van der Waals surface area contributed by atoms with Crippen molar-refractivity contribution < 1.29 is 17.5 Å². The van der Waals surface area contributed by atoms with Crippen molar-refractivity contribution >= 4 is 21.6 Å². The first-order valence-electron chi connectivity index (χ1n) is 5.92. The Morgan fingerprint density at radius 3 is 2.89 bits per heavy atom. The molecule has 7 heteroatoms. The van der Waals surface area contributed by atoms with Crippen LogP contribution in [0.25, 0.3) is 0 Å². The van der Waals surface area contributed by atoms with Crippen LogP contribution < -0.4 is 0 Å². The van der Waals surface area contributed by atoms with Gasteiger partial charge >= 0.3 is 0 Å². The zero-order valence-corrected chi connectivity index (χ0v) is 12.0. The van der Waals surface area contributed by atoms with Gasteiger partial charge in [-0.1, -0.05) is 11.6 Å². The van der Waals surface area contributed by atoms with Gasteiger partial charge in [0.25, 0.3) is 0 Å². The topological polar surface area (TPSA) is 46.6 Å². The van der Waals surface area contributed by atoms with E-state index in [1.807, 2.05) is 0 Å². The lowest BCUT2D eigenvalue weighted by atomic mass is 10.2. The van der Waals surface area contributed by atoms with Crippen LogP contribution >= 0.6 is 11.6 Å². The third-order valence-electron chi connectivity index (χ3n) is 3.18. The van der Waals surface area contributed by atoms with Crippen LogP contribution in [0.4, 0.5) is 4.39 Å². The molecular weight excluding hydrogens is 293 g/mol. The van der Waals surface area contributed by atoms with Gasteiger partial charge in [0, 0.05) is 19.7 Å². The summed E-state index contributed by atoms with van der Waals surface area (Å²) < 4.78 is 44.5. The zero-order chi connectivity index (χ0) is 14.0. The first-order valence-corrected chi connectivity index (χ1v) is 7.74. The first-order chi connectivity index (χ1) is 8.96. The summed E-state index contributed by atoms with van der Waals surface area (Å²) in [5.41, 5.74) is 0. The van der Waals surface area contributed by atoms with Crippen molar-refractivity contribution in [1.82, 2.24) is 4.31 Å². The highest BCUT2D eigenvalue weighted by atomic mass is 35.5. The van der Waals surface area contributed by atoms with E-state index in [1.54, 1.807) is 0 Å². The third kappa shape index (κ3) is 2.91. The van der Waals surface area contributed by atoms with E-state index in [9.17, 15) is 12.8 Å². The number of methoxy groups -OCH3 is 1. The first kappa shape index (κ1) is 14.7. The van der Waals surface area contributed by atoms with Gasteiger partial charge in [-0.2, -0.15) is 4.31 Å². The molecule has 106 valence electrons. The lowest BCUT2D eigenvalue weighted by molar-refractivity contribution is 0.149.